The van der Waals surface area contributed by atoms with Gasteiger partial charge in [0.05, 0.1) is 16.1 Å². The van der Waals surface area contributed by atoms with Gasteiger partial charge in [-0.2, -0.15) is 0 Å². The Bertz CT molecular complexity index is 670. The fourth-order valence-corrected chi connectivity index (χ4v) is 18.4. The number of hydrogen-bond acceptors (Lipinski definition) is 1. The van der Waals surface area contributed by atoms with Gasteiger partial charge in [0.25, 0.3) is 8.32 Å². The Balaban J connectivity index is 2.61. The van der Waals surface area contributed by atoms with Gasteiger partial charge in [-0.3, -0.25) is 0 Å². The van der Waals surface area contributed by atoms with Crippen LogP contribution in [0, 0.1) is 0 Å². The summed E-state index contributed by atoms with van der Waals surface area (Å²) < 4.78 is 6.41. The number of rotatable bonds is 7. The number of benzene rings is 2. The average Bonchev–Trinajstić information content (AvgIpc) is 2.58. The minimum Gasteiger partial charge on any atom is -0.411 e. The quantitative estimate of drug-likeness (QED) is 0.591. The van der Waals surface area contributed by atoms with Gasteiger partial charge < -0.3 is 4.43 Å². The highest BCUT2D eigenvalue weighted by Crippen LogP contribution is 2.27. The van der Waals surface area contributed by atoms with E-state index in [1.807, 2.05) is 7.11 Å². The molecule has 2 rings (SSSR count). The summed E-state index contributed by atoms with van der Waals surface area (Å²) in [4.78, 5) is 1.77. The third kappa shape index (κ3) is 4.74. The summed E-state index contributed by atoms with van der Waals surface area (Å²) in [5, 5.41) is 2.71. The lowest BCUT2D eigenvalue weighted by molar-refractivity contribution is 0.418. The molecule has 140 valence electrons. The SMILES string of the molecule is CO[Si](CC=C([Si](C)(C)C)[Si](C)(C)C)(c1ccccc1)c1ccccc1. The van der Waals surface area contributed by atoms with Gasteiger partial charge in [-0.05, 0) is 16.4 Å². The second kappa shape index (κ2) is 8.21. The zero-order valence-corrected chi connectivity index (χ0v) is 20.5. The highest BCUT2D eigenvalue weighted by atomic mass is 28.4. The van der Waals surface area contributed by atoms with Crippen LogP contribution in [0.2, 0.25) is 45.3 Å². The Hall–Kier alpha value is -1.21. The molecule has 4 heteroatoms. The Morgan fingerprint density at radius 2 is 1.12 bits per heavy atom. The minimum atomic E-state index is -2.27. The van der Waals surface area contributed by atoms with E-state index in [9.17, 15) is 0 Å². The first kappa shape index (κ1) is 21.1. The molecule has 0 aliphatic carbocycles. The average molecular weight is 399 g/mol. The van der Waals surface area contributed by atoms with E-state index in [0.717, 1.165) is 6.04 Å². The van der Waals surface area contributed by atoms with E-state index in [0.29, 0.717) is 0 Å². The van der Waals surface area contributed by atoms with Crippen LogP contribution in [0.1, 0.15) is 0 Å². The molecule has 0 atom stereocenters. The van der Waals surface area contributed by atoms with Gasteiger partial charge in [-0.25, -0.2) is 0 Å². The van der Waals surface area contributed by atoms with Gasteiger partial charge in [0, 0.05) is 7.11 Å². The molecular formula is C22H34OSi3. The lowest BCUT2D eigenvalue weighted by Crippen LogP contribution is -2.60. The van der Waals surface area contributed by atoms with E-state index < -0.39 is 24.5 Å². The number of allylic oxidation sites excluding steroid dienone is 1. The highest BCUT2D eigenvalue weighted by molar-refractivity contribution is 7.05. The predicted octanol–water partition coefficient (Wildman–Crippen LogP) is 5.07. The standard InChI is InChI=1S/C22H34OSi3/c1-23-26(20-14-10-8-11-15-20,21-16-12-9-13-17-21)19-18-22(24(2,3)4)25(5,6)7/h8-18H,19H2,1-7H3. The molecule has 0 heterocycles. The molecule has 0 saturated carbocycles. The maximum absolute atomic E-state index is 6.41. The molecule has 0 spiro atoms. The van der Waals surface area contributed by atoms with Crippen LogP contribution in [-0.4, -0.2) is 31.6 Å². The van der Waals surface area contributed by atoms with Gasteiger partial charge in [-0.1, -0.05) is 111 Å². The van der Waals surface area contributed by atoms with Crippen LogP contribution in [-0.2, 0) is 4.43 Å². The third-order valence-corrected chi connectivity index (χ3v) is 17.2. The molecule has 1 nitrogen and oxygen atoms in total. The first-order valence-electron chi connectivity index (χ1n) is 9.48. The van der Waals surface area contributed by atoms with Gasteiger partial charge in [0.15, 0.2) is 0 Å². The van der Waals surface area contributed by atoms with Crippen molar-refractivity contribution in [2.75, 3.05) is 7.11 Å². The maximum atomic E-state index is 6.41. The zero-order chi connectivity index (χ0) is 19.4. The summed E-state index contributed by atoms with van der Waals surface area (Å²) in [5.74, 6) is 0. The van der Waals surface area contributed by atoms with E-state index >= 15 is 0 Å². The maximum Gasteiger partial charge on any atom is 0.258 e. The van der Waals surface area contributed by atoms with Crippen LogP contribution in [0.5, 0.6) is 0 Å². The second-order valence-electron chi connectivity index (χ2n) is 9.09. The first-order chi connectivity index (χ1) is 12.1. The van der Waals surface area contributed by atoms with Crippen LogP contribution < -0.4 is 10.4 Å². The van der Waals surface area contributed by atoms with Gasteiger partial charge in [-0.15, -0.1) is 0 Å². The molecule has 0 amide bonds. The molecule has 0 bridgehead atoms. The van der Waals surface area contributed by atoms with E-state index in [1.165, 1.54) is 10.4 Å². The lowest BCUT2D eigenvalue weighted by Gasteiger charge is -2.34. The first-order valence-corrected chi connectivity index (χ1v) is 18.6. The summed E-state index contributed by atoms with van der Waals surface area (Å²) in [5.41, 5.74) is 0. The zero-order valence-electron chi connectivity index (χ0n) is 17.5. The third-order valence-electron chi connectivity index (χ3n) is 5.04. The molecule has 0 radical (unpaired) electrons. The molecule has 2 aromatic carbocycles. The topological polar surface area (TPSA) is 9.23 Å². The predicted molar refractivity (Wildman–Crippen MR) is 124 cm³/mol. The minimum absolute atomic E-state index is 1.02. The lowest BCUT2D eigenvalue weighted by atomic mass is 10.4. The molecule has 0 N–H and O–H groups in total. The van der Waals surface area contributed by atoms with Crippen molar-refractivity contribution in [2.45, 2.75) is 45.3 Å². The molecule has 0 aliphatic rings. The van der Waals surface area contributed by atoms with Crippen LogP contribution in [0.4, 0.5) is 0 Å². The Labute approximate surface area is 163 Å². The van der Waals surface area contributed by atoms with Crippen molar-refractivity contribution in [1.29, 1.82) is 0 Å². The van der Waals surface area contributed by atoms with Crippen LogP contribution in [0.3, 0.4) is 0 Å². The smallest absolute Gasteiger partial charge is 0.258 e. The Kier molecular flexibility index (Phi) is 6.66. The molecule has 26 heavy (non-hydrogen) atoms. The van der Waals surface area contributed by atoms with Gasteiger partial charge in [0.2, 0.25) is 0 Å². The van der Waals surface area contributed by atoms with Gasteiger partial charge in [0.1, 0.15) is 0 Å². The molecule has 0 saturated heterocycles. The molecule has 0 aromatic heterocycles. The van der Waals surface area contributed by atoms with Crippen LogP contribution in [0.15, 0.2) is 71.6 Å². The van der Waals surface area contributed by atoms with Crippen LogP contribution in [0.25, 0.3) is 0 Å². The molecule has 0 unspecified atom stereocenters. The number of hydrogen-bond donors (Lipinski definition) is 0. The van der Waals surface area contributed by atoms with Crippen molar-refractivity contribution in [3.63, 3.8) is 0 Å². The molecule has 0 fully saturated rings. The van der Waals surface area contributed by atoms with Crippen molar-refractivity contribution in [3.8, 4) is 0 Å². The second-order valence-corrected chi connectivity index (χ2v) is 23.3. The summed E-state index contributed by atoms with van der Waals surface area (Å²) >= 11 is 0. The Morgan fingerprint density at radius 3 is 1.42 bits per heavy atom. The molecular weight excluding hydrogens is 364 g/mol. The van der Waals surface area contributed by atoms with E-state index in [-0.39, 0.29) is 0 Å². The van der Waals surface area contributed by atoms with E-state index in [4.69, 9.17) is 4.43 Å². The fourth-order valence-electron chi connectivity index (χ4n) is 4.12. The summed E-state index contributed by atoms with van der Waals surface area (Å²) in [6, 6.07) is 22.8. The van der Waals surface area contributed by atoms with Crippen molar-refractivity contribution in [2.24, 2.45) is 0 Å². The normalized spacial score (nSPS) is 12.7. The van der Waals surface area contributed by atoms with E-state index in [2.05, 4.69) is 106 Å². The van der Waals surface area contributed by atoms with Crippen molar-refractivity contribution in [1.82, 2.24) is 0 Å². The summed E-state index contributed by atoms with van der Waals surface area (Å²) in [7, 11) is -3.06. The summed E-state index contributed by atoms with van der Waals surface area (Å²) in [6.45, 7) is 14.9. The summed E-state index contributed by atoms with van der Waals surface area (Å²) in [6.07, 6.45) is 2.59. The largest absolute Gasteiger partial charge is 0.411 e. The van der Waals surface area contributed by atoms with Crippen LogP contribution >= 0.6 is 0 Å². The highest BCUT2D eigenvalue weighted by Gasteiger charge is 2.39. The van der Waals surface area contributed by atoms with Crippen molar-refractivity contribution < 1.29 is 4.43 Å². The molecule has 0 aliphatic heterocycles. The Morgan fingerprint density at radius 1 is 0.731 bits per heavy atom. The van der Waals surface area contributed by atoms with Crippen molar-refractivity contribution >= 4 is 34.8 Å². The fraction of sp³-hybridized carbons (Fsp3) is 0.364. The van der Waals surface area contributed by atoms with Crippen molar-refractivity contribution in [3.05, 3.63) is 71.6 Å². The van der Waals surface area contributed by atoms with E-state index in [1.54, 1.807) is 4.82 Å². The monoisotopic (exact) mass is 398 g/mol. The molecule has 2 aromatic rings. The van der Waals surface area contributed by atoms with Gasteiger partial charge >= 0.3 is 0 Å².